The lowest BCUT2D eigenvalue weighted by molar-refractivity contribution is -0.119. The summed E-state index contributed by atoms with van der Waals surface area (Å²) in [5, 5.41) is 0. The van der Waals surface area contributed by atoms with Crippen molar-refractivity contribution in [3.63, 3.8) is 0 Å². The lowest BCUT2D eigenvalue weighted by Gasteiger charge is -2.17. The van der Waals surface area contributed by atoms with Gasteiger partial charge in [0, 0.05) is 23.5 Å². The van der Waals surface area contributed by atoms with Gasteiger partial charge in [-0.25, -0.2) is 0 Å². The molecule has 5 heteroatoms. The van der Waals surface area contributed by atoms with E-state index in [2.05, 4.69) is 24.9 Å². The number of benzene rings is 1. The molecule has 0 unspecified atom stereocenters. The van der Waals surface area contributed by atoms with Crippen LogP contribution in [-0.4, -0.2) is 16.4 Å². The van der Waals surface area contributed by atoms with Crippen molar-refractivity contribution in [3.05, 3.63) is 48.9 Å². The summed E-state index contributed by atoms with van der Waals surface area (Å²) in [6.07, 6.45) is 4.20. The van der Waals surface area contributed by atoms with Gasteiger partial charge in [0.15, 0.2) is 5.78 Å². The first kappa shape index (κ1) is 17.7. The fourth-order valence-corrected chi connectivity index (χ4v) is 3.63. The minimum atomic E-state index is -0.468. The molecular weight excluding hydrogens is 334 g/mol. The zero-order valence-electron chi connectivity index (χ0n) is 15.2. The van der Waals surface area contributed by atoms with Crippen molar-refractivity contribution in [1.82, 2.24) is 4.98 Å². The summed E-state index contributed by atoms with van der Waals surface area (Å²) in [7, 11) is 0. The van der Waals surface area contributed by atoms with Crippen LogP contribution in [-0.2, 0) is 11.2 Å². The van der Waals surface area contributed by atoms with Gasteiger partial charge in [0.05, 0.1) is 9.20 Å². The molecule has 0 amide bonds. The summed E-state index contributed by atoms with van der Waals surface area (Å²) < 4.78 is 7.19. The number of rotatable bonds is 2. The number of Topliss-reactive ketones (excluding diaryl/α,β-unsaturated/α-hetero) is 1. The Labute approximate surface area is 150 Å². The molecule has 1 N–H and O–H groups in total. The van der Waals surface area contributed by atoms with E-state index in [9.17, 15) is 9.59 Å². The second-order valence-corrected chi connectivity index (χ2v) is 9.15. The predicted octanol–water partition coefficient (Wildman–Crippen LogP) is 2.37. The van der Waals surface area contributed by atoms with Crippen LogP contribution in [0.4, 0.5) is 0 Å². The Morgan fingerprint density at radius 2 is 2.04 bits per heavy atom. The van der Waals surface area contributed by atoms with Crippen LogP contribution in [0, 0.1) is 5.41 Å². The molecule has 132 valence electrons. The van der Waals surface area contributed by atoms with E-state index in [0.717, 1.165) is 23.3 Å². The number of hydrogen-bond donors (Lipinski definition) is 1. The second-order valence-electron chi connectivity index (χ2n) is 8.06. The van der Waals surface area contributed by atoms with Crippen molar-refractivity contribution in [3.8, 4) is 5.75 Å². The highest BCUT2D eigenvalue weighted by molar-refractivity contribution is 7.07. The molecule has 1 aliphatic heterocycles. The summed E-state index contributed by atoms with van der Waals surface area (Å²) >= 11 is 1.29. The number of para-hydroxylation sites is 1. The van der Waals surface area contributed by atoms with Gasteiger partial charge in [-0.05, 0) is 25.5 Å². The van der Waals surface area contributed by atoms with Crippen LogP contribution in [0.3, 0.4) is 0 Å². The zero-order valence-corrected chi connectivity index (χ0v) is 16.0. The molecule has 0 saturated carbocycles. The number of aromatic nitrogens is 1. The molecule has 1 aromatic heterocycles. The average Bonchev–Trinajstić information content (AvgIpc) is 2.97. The van der Waals surface area contributed by atoms with Crippen molar-refractivity contribution in [1.29, 1.82) is 0 Å². The lowest BCUT2D eigenvalue weighted by Crippen LogP contribution is -2.25. The first-order chi connectivity index (χ1) is 11.5. The van der Waals surface area contributed by atoms with Crippen molar-refractivity contribution < 1.29 is 9.53 Å². The van der Waals surface area contributed by atoms with Crippen LogP contribution in [0.5, 0.6) is 5.75 Å². The van der Waals surface area contributed by atoms with Gasteiger partial charge in [0.2, 0.25) is 0 Å². The molecule has 0 saturated heterocycles. The van der Waals surface area contributed by atoms with E-state index in [-0.39, 0.29) is 16.9 Å². The number of fused-ring (bicyclic) bond motifs is 1. The van der Waals surface area contributed by atoms with Crippen LogP contribution in [0.15, 0.2) is 23.0 Å². The van der Waals surface area contributed by atoms with Gasteiger partial charge < -0.3 is 9.72 Å². The van der Waals surface area contributed by atoms with Gasteiger partial charge >= 0.3 is 0 Å². The summed E-state index contributed by atoms with van der Waals surface area (Å²) in [4.78, 5) is 27.2. The van der Waals surface area contributed by atoms with Crippen molar-refractivity contribution in [2.45, 2.75) is 46.6 Å². The molecule has 0 aliphatic carbocycles. The molecule has 0 radical (unpaired) electrons. The highest BCUT2D eigenvalue weighted by Crippen LogP contribution is 2.37. The molecule has 0 fully saturated rings. The standard InChI is InChI=1S/C20H23NO3S/c1-19(2,3)15(22)10-16-21-18(23)14(25-16)9-12-7-6-8-13-11-20(4,5)24-17(12)13/h6-10H,11H2,1-5H3,(H,21,23). The zero-order chi connectivity index (χ0) is 18.4. The molecule has 2 aromatic rings. The molecule has 2 heterocycles. The molecule has 4 nitrogen and oxygen atoms in total. The number of H-pyrrole nitrogens is 1. The molecule has 1 aliphatic rings. The van der Waals surface area contributed by atoms with Crippen molar-refractivity contribution >= 4 is 29.3 Å². The molecule has 0 spiro atoms. The summed E-state index contributed by atoms with van der Waals surface area (Å²) in [6.45, 7) is 9.69. The molecule has 0 bridgehead atoms. The van der Waals surface area contributed by atoms with Crippen molar-refractivity contribution in [2.75, 3.05) is 0 Å². The Morgan fingerprint density at radius 3 is 2.72 bits per heavy atom. The number of nitrogens with one attached hydrogen (secondary N) is 1. The highest BCUT2D eigenvalue weighted by Gasteiger charge is 2.31. The molecular formula is C20H23NO3S. The Balaban J connectivity index is 2.06. The Bertz CT molecular complexity index is 1000. The van der Waals surface area contributed by atoms with Crippen LogP contribution in [0.2, 0.25) is 0 Å². The summed E-state index contributed by atoms with van der Waals surface area (Å²) in [5.74, 6) is 0.832. The number of carbonyl (C=O) groups excluding carboxylic acids is 1. The van der Waals surface area contributed by atoms with Gasteiger partial charge in [-0.3, -0.25) is 9.59 Å². The number of carbonyl (C=O) groups is 1. The number of hydrogen-bond acceptors (Lipinski definition) is 4. The predicted molar refractivity (Wildman–Crippen MR) is 102 cm³/mol. The van der Waals surface area contributed by atoms with E-state index >= 15 is 0 Å². The van der Waals surface area contributed by atoms with E-state index in [1.54, 1.807) is 0 Å². The molecule has 1 aromatic carbocycles. The largest absolute Gasteiger partial charge is 0.487 e. The van der Waals surface area contributed by atoms with Gasteiger partial charge in [-0.2, -0.15) is 0 Å². The van der Waals surface area contributed by atoms with E-state index in [1.165, 1.54) is 17.4 Å². The van der Waals surface area contributed by atoms with Crippen LogP contribution in [0.25, 0.3) is 12.2 Å². The minimum Gasteiger partial charge on any atom is -0.487 e. The smallest absolute Gasteiger partial charge is 0.266 e. The van der Waals surface area contributed by atoms with Crippen LogP contribution < -0.4 is 19.5 Å². The quantitative estimate of drug-likeness (QED) is 0.898. The molecule has 25 heavy (non-hydrogen) atoms. The number of ether oxygens (including phenoxy) is 1. The third-order valence-corrected chi connectivity index (χ3v) is 5.05. The number of aromatic amines is 1. The third-order valence-electron chi connectivity index (χ3n) is 4.09. The number of thiazole rings is 1. The Hall–Kier alpha value is -2.14. The SMILES string of the molecule is CC1(C)Cc2cccc(C=c3sc(=CC(=O)C(C)(C)C)[nH]c3=O)c2O1. The fourth-order valence-electron chi connectivity index (χ4n) is 2.75. The first-order valence-electron chi connectivity index (χ1n) is 8.33. The Morgan fingerprint density at radius 1 is 1.32 bits per heavy atom. The topological polar surface area (TPSA) is 59.2 Å². The maximum absolute atomic E-state index is 12.3. The Kier molecular flexibility index (Phi) is 4.23. The maximum Gasteiger partial charge on any atom is 0.266 e. The van der Waals surface area contributed by atoms with Crippen LogP contribution >= 0.6 is 11.3 Å². The van der Waals surface area contributed by atoms with Crippen molar-refractivity contribution in [2.24, 2.45) is 5.41 Å². The van der Waals surface area contributed by atoms with Gasteiger partial charge in [-0.1, -0.05) is 39.0 Å². The first-order valence-corrected chi connectivity index (χ1v) is 9.15. The molecule has 0 atom stereocenters. The van der Waals surface area contributed by atoms with Gasteiger partial charge in [0.25, 0.3) is 5.56 Å². The maximum atomic E-state index is 12.3. The van der Waals surface area contributed by atoms with Gasteiger partial charge in [-0.15, -0.1) is 11.3 Å². The summed E-state index contributed by atoms with van der Waals surface area (Å²) in [6, 6.07) is 5.98. The van der Waals surface area contributed by atoms with Gasteiger partial charge in [0.1, 0.15) is 11.4 Å². The second kappa shape index (κ2) is 5.99. The molecule has 3 rings (SSSR count). The average molecular weight is 357 g/mol. The lowest BCUT2D eigenvalue weighted by atomic mass is 9.91. The highest BCUT2D eigenvalue weighted by atomic mass is 32.1. The van der Waals surface area contributed by atoms with E-state index < -0.39 is 5.41 Å². The van der Waals surface area contributed by atoms with Crippen LogP contribution in [0.1, 0.15) is 45.7 Å². The van der Waals surface area contributed by atoms with E-state index in [0.29, 0.717) is 9.20 Å². The summed E-state index contributed by atoms with van der Waals surface area (Å²) in [5.41, 5.74) is 1.16. The van der Waals surface area contributed by atoms with E-state index in [1.807, 2.05) is 39.0 Å². The van der Waals surface area contributed by atoms with E-state index in [4.69, 9.17) is 4.74 Å². The fraction of sp³-hybridized carbons (Fsp3) is 0.400. The third kappa shape index (κ3) is 3.76. The minimum absolute atomic E-state index is 0.0118. The monoisotopic (exact) mass is 357 g/mol. The number of ketones is 1. The normalized spacial score (nSPS) is 17.5.